The van der Waals surface area contributed by atoms with Gasteiger partial charge in [-0.05, 0) is 39.3 Å². The van der Waals surface area contributed by atoms with Gasteiger partial charge in [0.05, 0.1) is 11.2 Å². The van der Waals surface area contributed by atoms with Crippen molar-refractivity contribution in [2.45, 2.75) is 33.2 Å². The van der Waals surface area contributed by atoms with E-state index < -0.39 is 0 Å². The van der Waals surface area contributed by atoms with Gasteiger partial charge in [-0.1, -0.05) is 0 Å². The summed E-state index contributed by atoms with van der Waals surface area (Å²) in [5, 5.41) is 3.57. The molecule has 1 unspecified atom stereocenters. The third-order valence-corrected chi connectivity index (χ3v) is 5.01. The maximum absolute atomic E-state index is 4.27. The molecule has 0 spiro atoms. The van der Waals surface area contributed by atoms with Crippen LogP contribution in [0.1, 0.15) is 33.3 Å². The second kappa shape index (κ2) is 5.76. The van der Waals surface area contributed by atoms with Crippen molar-refractivity contribution in [2.24, 2.45) is 0 Å². The number of thiophene rings is 1. The monoisotopic (exact) mass is 266 g/mol. The first kappa shape index (κ1) is 12.7. The molecule has 0 saturated carbocycles. The highest BCUT2D eigenvalue weighted by molar-refractivity contribution is 7.12. The minimum Gasteiger partial charge on any atom is -0.309 e. The van der Waals surface area contributed by atoms with Crippen molar-refractivity contribution in [3.8, 4) is 0 Å². The first-order chi connectivity index (χ1) is 8.16. The molecule has 0 aliphatic heterocycles. The highest BCUT2D eigenvalue weighted by Crippen LogP contribution is 2.22. The van der Waals surface area contributed by atoms with Crippen molar-refractivity contribution in [3.05, 3.63) is 38.0 Å². The molecule has 2 aromatic rings. The molecule has 2 aromatic heterocycles. The summed E-state index contributed by atoms with van der Waals surface area (Å²) < 4.78 is 0. The Balaban J connectivity index is 1.81. The third kappa shape index (κ3) is 3.37. The molecular weight excluding hydrogens is 248 g/mol. The third-order valence-electron chi connectivity index (χ3n) is 2.84. The van der Waals surface area contributed by atoms with E-state index in [4.69, 9.17) is 0 Å². The van der Waals surface area contributed by atoms with Crippen LogP contribution in [0.2, 0.25) is 0 Å². The molecule has 0 bridgehead atoms. The van der Waals surface area contributed by atoms with Crippen molar-refractivity contribution in [3.63, 3.8) is 0 Å². The molecule has 2 heterocycles. The summed E-state index contributed by atoms with van der Waals surface area (Å²) in [6.45, 7) is 7.48. The molecule has 0 saturated heterocycles. The Morgan fingerprint density at radius 3 is 2.76 bits per heavy atom. The Hall–Kier alpha value is -0.710. The van der Waals surface area contributed by atoms with Gasteiger partial charge in [0.25, 0.3) is 0 Å². The van der Waals surface area contributed by atoms with Gasteiger partial charge in [0, 0.05) is 27.2 Å². The summed E-state index contributed by atoms with van der Waals surface area (Å²) in [7, 11) is 0. The second-order valence-electron chi connectivity index (χ2n) is 4.24. The summed E-state index contributed by atoms with van der Waals surface area (Å²) >= 11 is 3.63. The van der Waals surface area contributed by atoms with Crippen LogP contribution in [0.15, 0.2) is 17.6 Å². The zero-order valence-electron chi connectivity index (χ0n) is 10.5. The van der Waals surface area contributed by atoms with Gasteiger partial charge in [-0.2, -0.15) is 0 Å². The average Bonchev–Trinajstić information content (AvgIpc) is 2.88. The lowest BCUT2D eigenvalue weighted by Gasteiger charge is -2.11. The summed E-state index contributed by atoms with van der Waals surface area (Å²) in [6, 6.07) is 4.85. The predicted molar refractivity (Wildman–Crippen MR) is 76.0 cm³/mol. The summed E-state index contributed by atoms with van der Waals surface area (Å²) in [5.74, 6) is 0. The fraction of sp³-hybridized carbons (Fsp3) is 0.462. The zero-order chi connectivity index (χ0) is 12.3. The first-order valence-electron chi connectivity index (χ1n) is 5.85. The van der Waals surface area contributed by atoms with Crippen molar-refractivity contribution >= 4 is 22.7 Å². The fourth-order valence-electron chi connectivity index (χ4n) is 1.76. The molecule has 0 aliphatic carbocycles. The van der Waals surface area contributed by atoms with Crippen molar-refractivity contribution in [2.75, 3.05) is 6.54 Å². The molecule has 0 aromatic carbocycles. The summed E-state index contributed by atoms with van der Waals surface area (Å²) in [5.41, 5.74) is 3.10. The topological polar surface area (TPSA) is 24.9 Å². The van der Waals surface area contributed by atoms with Crippen LogP contribution < -0.4 is 5.32 Å². The number of hydrogen-bond donors (Lipinski definition) is 1. The van der Waals surface area contributed by atoms with Crippen LogP contribution in [0.5, 0.6) is 0 Å². The Morgan fingerprint density at radius 2 is 2.18 bits per heavy atom. The number of aryl methyl sites for hydroxylation is 2. The van der Waals surface area contributed by atoms with Crippen LogP contribution in [-0.4, -0.2) is 11.5 Å². The van der Waals surface area contributed by atoms with Crippen LogP contribution in [0.3, 0.4) is 0 Å². The van der Waals surface area contributed by atoms with Crippen molar-refractivity contribution in [1.82, 2.24) is 10.3 Å². The van der Waals surface area contributed by atoms with Gasteiger partial charge in [0.2, 0.25) is 0 Å². The minimum absolute atomic E-state index is 0.446. The molecule has 1 N–H and O–H groups in total. The SMILES string of the molecule is Cc1ccc(C(C)NCCc2scnc2C)s1. The molecule has 92 valence electrons. The van der Waals surface area contributed by atoms with Crippen LogP contribution in [0.25, 0.3) is 0 Å². The van der Waals surface area contributed by atoms with Gasteiger partial charge >= 0.3 is 0 Å². The van der Waals surface area contributed by atoms with Crippen LogP contribution in [0.4, 0.5) is 0 Å². The largest absolute Gasteiger partial charge is 0.309 e. The smallest absolute Gasteiger partial charge is 0.0797 e. The van der Waals surface area contributed by atoms with Gasteiger partial charge < -0.3 is 5.32 Å². The Kier molecular flexibility index (Phi) is 4.31. The van der Waals surface area contributed by atoms with E-state index in [-0.39, 0.29) is 0 Å². The van der Waals surface area contributed by atoms with Crippen LogP contribution >= 0.6 is 22.7 Å². The molecular formula is C13H18N2S2. The van der Waals surface area contributed by atoms with E-state index >= 15 is 0 Å². The van der Waals surface area contributed by atoms with Gasteiger partial charge in [-0.25, -0.2) is 4.98 Å². The van der Waals surface area contributed by atoms with Gasteiger partial charge in [-0.3, -0.25) is 0 Å². The molecule has 2 rings (SSSR count). The quantitative estimate of drug-likeness (QED) is 0.892. The average molecular weight is 266 g/mol. The van der Waals surface area contributed by atoms with Gasteiger partial charge in [0.15, 0.2) is 0 Å². The Bertz CT molecular complexity index is 473. The second-order valence-corrected chi connectivity index (χ2v) is 6.49. The van der Waals surface area contributed by atoms with E-state index in [9.17, 15) is 0 Å². The molecule has 0 amide bonds. The van der Waals surface area contributed by atoms with E-state index in [2.05, 4.69) is 43.2 Å². The lowest BCUT2D eigenvalue weighted by molar-refractivity contribution is 0.586. The number of thiazole rings is 1. The molecule has 2 nitrogen and oxygen atoms in total. The molecule has 0 aliphatic rings. The summed E-state index contributed by atoms with van der Waals surface area (Å²) in [6.07, 6.45) is 1.07. The number of hydrogen-bond acceptors (Lipinski definition) is 4. The molecule has 17 heavy (non-hydrogen) atoms. The van der Waals surface area contributed by atoms with E-state index in [1.54, 1.807) is 11.3 Å². The maximum Gasteiger partial charge on any atom is 0.0797 e. The van der Waals surface area contributed by atoms with Gasteiger partial charge in [-0.15, -0.1) is 22.7 Å². The number of aromatic nitrogens is 1. The normalized spacial score (nSPS) is 12.9. The first-order valence-corrected chi connectivity index (χ1v) is 7.55. The van der Waals surface area contributed by atoms with E-state index in [1.807, 2.05) is 16.8 Å². The molecule has 4 heteroatoms. The van der Waals surface area contributed by atoms with Crippen molar-refractivity contribution < 1.29 is 0 Å². The standard InChI is InChI=1S/C13H18N2S2/c1-9-4-5-13(17-9)11(3)14-7-6-12-10(2)15-8-16-12/h4-5,8,11,14H,6-7H2,1-3H3. The predicted octanol–water partition coefficient (Wildman–Crippen LogP) is 3.71. The van der Waals surface area contributed by atoms with E-state index in [0.717, 1.165) is 13.0 Å². The maximum atomic E-state index is 4.27. The van der Waals surface area contributed by atoms with Gasteiger partial charge in [0.1, 0.15) is 0 Å². The number of rotatable bonds is 5. The Morgan fingerprint density at radius 1 is 1.35 bits per heavy atom. The molecule has 1 atom stereocenters. The number of nitrogens with zero attached hydrogens (tertiary/aromatic N) is 1. The zero-order valence-corrected chi connectivity index (χ0v) is 12.1. The fourth-order valence-corrected chi connectivity index (χ4v) is 3.44. The lowest BCUT2D eigenvalue weighted by atomic mass is 10.2. The van der Waals surface area contributed by atoms with Crippen molar-refractivity contribution in [1.29, 1.82) is 0 Å². The summed E-state index contributed by atoms with van der Waals surface area (Å²) in [4.78, 5) is 8.47. The Labute approximate surface area is 111 Å². The van der Waals surface area contributed by atoms with Crippen LogP contribution in [0, 0.1) is 13.8 Å². The minimum atomic E-state index is 0.446. The number of nitrogens with one attached hydrogen (secondary N) is 1. The van der Waals surface area contributed by atoms with E-state index in [0.29, 0.717) is 6.04 Å². The van der Waals surface area contributed by atoms with Crippen LogP contribution in [-0.2, 0) is 6.42 Å². The lowest BCUT2D eigenvalue weighted by Crippen LogP contribution is -2.20. The highest BCUT2D eigenvalue weighted by atomic mass is 32.1. The molecule has 0 fully saturated rings. The highest BCUT2D eigenvalue weighted by Gasteiger charge is 2.07. The molecule has 0 radical (unpaired) electrons. The van der Waals surface area contributed by atoms with E-state index in [1.165, 1.54) is 20.3 Å².